The lowest BCUT2D eigenvalue weighted by Crippen LogP contribution is -2.34. The number of nitrogens with one attached hydrogen (secondary N) is 2. The van der Waals surface area contributed by atoms with Gasteiger partial charge in [-0.1, -0.05) is 12.1 Å². The number of fused-ring (bicyclic) bond motifs is 1. The van der Waals surface area contributed by atoms with Crippen molar-refractivity contribution in [3.8, 4) is 0 Å². The zero-order valence-electron chi connectivity index (χ0n) is 10.1. The van der Waals surface area contributed by atoms with Crippen LogP contribution in [-0.2, 0) is 17.6 Å². The van der Waals surface area contributed by atoms with Crippen molar-refractivity contribution in [1.29, 1.82) is 0 Å². The largest absolute Gasteiger partial charge is 0.292 e. The molecule has 2 N–H and O–H groups in total. The summed E-state index contributed by atoms with van der Waals surface area (Å²) in [5.41, 5.74) is 7.95. The molecule has 0 spiro atoms. The molecule has 1 heterocycles. The third-order valence-electron chi connectivity index (χ3n) is 2.88. The van der Waals surface area contributed by atoms with E-state index in [0.29, 0.717) is 6.42 Å². The molecule has 0 aromatic heterocycles. The highest BCUT2D eigenvalue weighted by atomic mass is 32.2. The van der Waals surface area contributed by atoms with E-state index in [1.165, 1.54) is 34.6 Å². The molecule has 3 nitrogen and oxygen atoms in total. The maximum atomic E-state index is 11.3. The van der Waals surface area contributed by atoms with Crippen molar-refractivity contribution in [2.24, 2.45) is 0 Å². The van der Waals surface area contributed by atoms with E-state index in [1.807, 2.05) is 11.8 Å². The van der Waals surface area contributed by atoms with Gasteiger partial charge in [-0.3, -0.25) is 10.2 Å². The van der Waals surface area contributed by atoms with Gasteiger partial charge >= 0.3 is 0 Å². The summed E-state index contributed by atoms with van der Waals surface area (Å²) in [4.78, 5) is 12.7. The third-order valence-corrected chi connectivity index (χ3v) is 4.08. The summed E-state index contributed by atoms with van der Waals surface area (Å²) in [5, 5.41) is 0. The molecular weight excluding hydrogens is 232 g/mol. The van der Waals surface area contributed by atoms with Crippen LogP contribution >= 0.6 is 11.8 Å². The highest BCUT2D eigenvalue weighted by molar-refractivity contribution is 7.99. The van der Waals surface area contributed by atoms with E-state index in [1.54, 1.807) is 7.05 Å². The topological polar surface area (TPSA) is 41.1 Å². The van der Waals surface area contributed by atoms with Crippen molar-refractivity contribution in [1.82, 2.24) is 10.9 Å². The number of carbonyl (C=O) groups is 1. The SMILES string of the molecule is CNNC(=O)CCc1ccc2c(c1)CCCS2. The van der Waals surface area contributed by atoms with Crippen LogP contribution in [0.15, 0.2) is 23.1 Å². The lowest BCUT2D eigenvalue weighted by molar-refractivity contribution is -0.121. The average molecular weight is 250 g/mol. The molecule has 0 bridgehead atoms. The first-order valence-corrected chi connectivity index (χ1v) is 6.98. The number of aryl methyl sites for hydroxylation is 2. The summed E-state index contributed by atoms with van der Waals surface area (Å²) in [7, 11) is 1.70. The Bertz CT molecular complexity index is 406. The van der Waals surface area contributed by atoms with E-state index in [9.17, 15) is 4.79 Å². The van der Waals surface area contributed by atoms with Gasteiger partial charge in [-0.05, 0) is 42.2 Å². The van der Waals surface area contributed by atoms with E-state index in [-0.39, 0.29) is 5.91 Å². The molecular formula is C13H18N2OS. The molecule has 1 aliphatic heterocycles. The Morgan fingerprint density at radius 1 is 1.47 bits per heavy atom. The van der Waals surface area contributed by atoms with Crippen molar-refractivity contribution in [3.05, 3.63) is 29.3 Å². The predicted molar refractivity (Wildman–Crippen MR) is 71.0 cm³/mol. The minimum Gasteiger partial charge on any atom is -0.292 e. The van der Waals surface area contributed by atoms with Crippen LogP contribution < -0.4 is 10.9 Å². The second-order valence-corrected chi connectivity index (χ2v) is 5.33. The fourth-order valence-corrected chi connectivity index (χ4v) is 3.05. The first kappa shape index (κ1) is 12.5. The Kier molecular flexibility index (Phi) is 4.45. The minimum absolute atomic E-state index is 0.0413. The molecule has 2 rings (SSSR count). The summed E-state index contributed by atoms with van der Waals surface area (Å²) >= 11 is 1.94. The van der Waals surface area contributed by atoms with Gasteiger partial charge in [0, 0.05) is 18.4 Å². The van der Waals surface area contributed by atoms with Crippen LogP contribution in [0, 0.1) is 0 Å². The molecule has 1 aromatic rings. The van der Waals surface area contributed by atoms with Gasteiger partial charge in [0.15, 0.2) is 0 Å². The lowest BCUT2D eigenvalue weighted by atomic mass is 10.0. The zero-order chi connectivity index (χ0) is 12.1. The molecule has 0 saturated heterocycles. The molecule has 1 amide bonds. The Morgan fingerprint density at radius 2 is 2.35 bits per heavy atom. The van der Waals surface area contributed by atoms with E-state index in [0.717, 1.165) is 6.42 Å². The number of amides is 1. The van der Waals surface area contributed by atoms with Gasteiger partial charge in [0.25, 0.3) is 0 Å². The smallest absolute Gasteiger partial charge is 0.234 e. The molecule has 0 radical (unpaired) electrons. The molecule has 0 atom stereocenters. The highest BCUT2D eigenvalue weighted by Crippen LogP contribution is 2.30. The lowest BCUT2D eigenvalue weighted by Gasteiger charge is -2.16. The summed E-state index contributed by atoms with van der Waals surface area (Å²) in [6.07, 6.45) is 3.79. The van der Waals surface area contributed by atoms with E-state index in [2.05, 4.69) is 29.1 Å². The monoisotopic (exact) mass is 250 g/mol. The van der Waals surface area contributed by atoms with Crippen LogP contribution in [0.4, 0.5) is 0 Å². The summed E-state index contributed by atoms with van der Waals surface area (Å²) in [5.74, 6) is 1.27. The number of rotatable bonds is 4. The van der Waals surface area contributed by atoms with Gasteiger partial charge in [0.1, 0.15) is 0 Å². The molecule has 92 valence electrons. The summed E-state index contributed by atoms with van der Waals surface area (Å²) in [6, 6.07) is 6.60. The van der Waals surface area contributed by atoms with E-state index < -0.39 is 0 Å². The van der Waals surface area contributed by atoms with Crippen molar-refractivity contribution in [2.45, 2.75) is 30.6 Å². The number of hydrogen-bond donors (Lipinski definition) is 2. The molecule has 1 aliphatic rings. The van der Waals surface area contributed by atoms with Crippen LogP contribution in [0.3, 0.4) is 0 Å². The van der Waals surface area contributed by atoms with Crippen LogP contribution in [0.5, 0.6) is 0 Å². The van der Waals surface area contributed by atoms with Gasteiger partial charge in [0.2, 0.25) is 5.91 Å². The molecule has 1 aromatic carbocycles. The van der Waals surface area contributed by atoms with Crippen LogP contribution in [-0.4, -0.2) is 18.7 Å². The molecule has 0 unspecified atom stereocenters. The molecule has 0 saturated carbocycles. The molecule has 0 aliphatic carbocycles. The number of hydrogen-bond acceptors (Lipinski definition) is 3. The second kappa shape index (κ2) is 6.07. The van der Waals surface area contributed by atoms with Crippen molar-refractivity contribution >= 4 is 17.7 Å². The maximum absolute atomic E-state index is 11.3. The Labute approximate surface area is 106 Å². The second-order valence-electron chi connectivity index (χ2n) is 4.19. The Hall–Kier alpha value is -1.00. The Morgan fingerprint density at radius 3 is 3.18 bits per heavy atom. The van der Waals surface area contributed by atoms with E-state index >= 15 is 0 Å². The van der Waals surface area contributed by atoms with Crippen molar-refractivity contribution in [3.63, 3.8) is 0 Å². The summed E-state index contributed by atoms with van der Waals surface area (Å²) in [6.45, 7) is 0. The normalized spacial score (nSPS) is 14.2. The third kappa shape index (κ3) is 3.48. The number of carbonyl (C=O) groups excluding carboxylic acids is 1. The number of hydrazine groups is 1. The molecule has 4 heteroatoms. The standard InChI is InChI=1S/C13H18N2OS/c1-14-15-13(16)7-5-10-4-6-12-11(9-10)3-2-8-17-12/h4,6,9,14H,2-3,5,7-8H2,1H3,(H,15,16). The fraction of sp³-hybridized carbons (Fsp3) is 0.462. The number of benzene rings is 1. The van der Waals surface area contributed by atoms with Crippen LogP contribution in [0.1, 0.15) is 24.0 Å². The minimum atomic E-state index is 0.0413. The first-order valence-electron chi connectivity index (χ1n) is 6.00. The first-order chi connectivity index (χ1) is 8.29. The number of thioether (sulfide) groups is 1. The fourth-order valence-electron chi connectivity index (χ4n) is 2.03. The van der Waals surface area contributed by atoms with Gasteiger partial charge in [-0.25, -0.2) is 5.43 Å². The van der Waals surface area contributed by atoms with Gasteiger partial charge in [-0.2, -0.15) is 0 Å². The van der Waals surface area contributed by atoms with Crippen LogP contribution in [0.2, 0.25) is 0 Å². The van der Waals surface area contributed by atoms with Gasteiger partial charge in [0.05, 0.1) is 0 Å². The molecule has 17 heavy (non-hydrogen) atoms. The van der Waals surface area contributed by atoms with Crippen LogP contribution in [0.25, 0.3) is 0 Å². The Balaban J connectivity index is 1.95. The highest BCUT2D eigenvalue weighted by Gasteiger charge is 2.10. The van der Waals surface area contributed by atoms with Gasteiger partial charge < -0.3 is 0 Å². The predicted octanol–water partition coefficient (Wildman–Crippen LogP) is 1.91. The molecule has 0 fully saturated rings. The maximum Gasteiger partial charge on any atom is 0.234 e. The zero-order valence-corrected chi connectivity index (χ0v) is 10.9. The average Bonchev–Trinajstić information content (AvgIpc) is 2.36. The van der Waals surface area contributed by atoms with Crippen molar-refractivity contribution in [2.75, 3.05) is 12.8 Å². The van der Waals surface area contributed by atoms with E-state index in [4.69, 9.17) is 0 Å². The van der Waals surface area contributed by atoms with Gasteiger partial charge in [-0.15, -0.1) is 11.8 Å². The quantitative estimate of drug-likeness (QED) is 0.802. The van der Waals surface area contributed by atoms with Crippen molar-refractivity contribution < 1.29 is 4.79 Å². The summed E-state index contributed by atoms with van der Waals surface area (Å²) < 4.78 is 0.